The van der Waals surface area contributed by atoms with E-state index in [-0.39, 0.29) is 11.5 Å². The van der Waals surface area contributed by atoms with E-state index in [2.05, 4.69) is 5.32 Å². The molecule has 0 aromatic heterocycles. The molecular weight excluding hydrogens is 267 g/mol. The summed E-state index contributed by atoms with van der Waals surface area (Å²) in [6.45, 7) is 4.43. The highest BCUT2D eigenvalue weighted by Gasteiger charge is 2.27. The summed E-state index contributed by atoms with van der Waals surface area (Å²) in [5, 5.41) is 3.59. The normalized spacial score (nSPS) is 19.8. The Balaban J connectivity index is 1.55. The molecule has 3 nitrogen and oxygen atoms in total. The van der Waals surface area contributed by atoms with Crippen molar-refractivity contribution in [2.75, 3.05) is 19.6 Å². The van der Waals surface area contributed by atoms with Crippen LogP contribution in [0.5, 0.6) is 0 Å². The molecule has 114 valence electrons. The lowest BCUT2D eigenvalue weighted by atomic mass is 10.0. The summed E-state index contributed by atoms with van der Waals surface area (Å²) < 4.78 is 13.8. The Bertz CT molecular complexity index is 520. The van der Waals surface area contributed by atoms with Gasteiger partial charge in [-0.25, -0.2) is 4.39 Å². The topological polar surface area (TPSA) is 32.3 Å². The minimum atomic E-state index is -0.417. The molecule has 1 aliphatic heterocycles. The van der Waals surface area contributed by atoms with Crippen LogP contribution in [0.2, 0.25) is 0 Å². The molecule has 0 spiro atoms. The lowest BCUT2D eigenvalue weighted by Gasteiger charge is -2.32. The van der Waals surface area contributed by atoms with Crippen molar-refractivity contribution < 1.29 is 9.18 Å². The number of amides is 1. The number of carbonyl (C=O) groups is 1. The third-order valence-electron chi connectivity index (χ3n) is 4.53. The molecule has 0 atom stereocenters. The fourth-order valence-electron chi connectivity index (χ4n) is 2.92. The quantitative estimate of drug-likeness (QED) is 0.925. The molecule has 1 heterocycles. The summed E-state index contributed by atoms with van der Waals surface area (Å²) >= 11 is 0. The first kappa shape index (κ1) is 14.5. The van der Waals surface area contributed by atoms with Crippen LogP contribution in [0.1, 0.15) is 41.6 Å². The molecule has 3 rings (SSSR count). The second-order valence-electron chi connectivity index (χ2n) is 6.40. The Kier molecular flexibility index (Phi) is 4.24. The highest BCUT2D eigenvalue weighted by Crippen LogP contribution is 2.28. The van der Waals surface area contributed by atoms with Crippen LogP contribution in [0.3, 0.4) is 0 Å². The Hall–Kier alpha value is -1.42. The lowest BCUT2D eigenvalue weighted by Crippen LogP contribution is -2.45. The summed E-state index contributed by atoms with van der Waals surface area (Å²) in [5.74, 6) is 0.294. The van der Waals surface area contributed by atoms with Crippen LogP contribution in [0.25, 0.3) is 0 Å². The van der Waals surface area contributed by atoms with Gasteiger partial charge in [-0.1, -0.05) is 11.6 Å². The van der Waals surface area contributed by atoms with Crippen LogP contribution in [0.15, 0.2) is 18.2 Å². The molecule has 1 aromatic rings. The van der Waals surface area contributed by atoms with E-state index in [4.69, 9.17) is 0 Å². The summed E-state index contributed by atoms with van der Waals surface area (Å²) in [7, 11) is 0. The zero-order chi connectivity index (χ0) is 14.8. The van der Waals surface area contributed by atoms with Gasteiger partial charge in [-0.2, -0.15) is 0 Å². The van der Waals surface area contributed by atoms with Gasteiger partial charge < -0.3 is 10.2 Å². The summed E-state index contributed by atoms with van der Waals surface area (Å²) in [5.41, 5.74) is 1.13. The fraction of sp³-hybridized carbons (Fsp3) is 0.588. The van der Waals surface area contributed by atoms with Crippen molar-refractivity contribution in [3.8, 4) is 0 Å². The van der Waals surface area contributed by atoms with Crippen LogP contribution < -0.4 is 5.32 Å². The first-order valence-electron chi connectivity index (χ1n) is 7.92. The van der Waals surface area contributed by atoms with Gasteiger partial charge in [-0.05, 0) is 57.2 Å². The third-order valence-corrected chi connectivity index (χ3v) is 4.53. The maximum Gasteiger partial charge on any atom is 0.256 e. The van der Waals surface area contributed by atoms with E-state index >= 15 is 0 Å². The van der Waals surface area contributed by atoms with Gasteiger partial charge in [0.15, 0.2) is 0 Å². The molecule has 1 saturated heterocycles. The average Bonchev–Trinajstić information content (AvgIpc) is 3.32. The number of aryl methyl sites for hydroxylation is 1. The Morgan fingerprint density at radius 2 is 2.00 bits per heavy atom. The number of piperidine rings is 1. The molecule has 1 N–H and O–H groups in total. The molecule has 1 aliphatic carbocycles. The third kappa shape index (κ3) is 3.62. The molecule has 1 amide bonds. The summed E-state index contributed by atoms with van der Waals surface area (Å²) in [6.07, 6.45) is 4.64. The van der Waals surface area contributed by atoms with Crippen LogP contribution >= 0.6 is 0 Å². The molecule has 2 fully saturated rings. The second-order valence-corrected chi connectivity index (χ2v) is 6.40. The van der Waals surface area contributed by atoms with Crippen molar-refractivity contribution in [2.45, 2.75) is 38.6 Å². The number of likely N-dealkylation sites (tertiary alicyclic amines) is 1. The first-order valence-corrected chi connectivity index (χ1v) is 7.92. The van der Waals surface area contributed by atoms with Crippen LogP contribution in [0.4, 0.5) is 4.39 Å². The average molecular weight is 290 g/mol. The van der Waals surface area contributed by atoms with Crippen molar-refractivity contribution >= 4 is 5.91 Å². The second kappa shape index (κ2) is 6.14. The highest BCUT2D eigenvalue weighted by molar-refractivity contribution is 5.94. The standard InChI is InChI=1S/C17H23FN2O/c1-12-2-5-16(18)15(10-12)17(21)20-8-6-14(7-9-20)19-11-13-3-4-13/h2,5,10,13-14,19H,3-4,6-9,11H2,1H3. The van der Waals surface area contributed by atoms with Crippen molar-refractivity contribution in [3.05, 3.63) is 35.1 Å². The van der Waals surface area contributed by atoms with Gasteiger partial charge in [-0.15, -0.1) is 0 Å². The molecule has 0 unspecified atom stereocenters. The number of nitrogens with one attached hydrogen (secondary N) is 1. The monoisotopic (exact) mass is 290 g/mol. The zero-order valence-corrected chi connectivity index (χ0v) is 12.6. The Morgan fingerprint density at radius 3 is 2.67 bits per heavy atom. The molecule has 2 aliphatic rings. The molecular formula is C17H23FN2O. The van der Waals surface area contributed by atoms with E-state index in [0.717, 1.165) is 30.9 Å². The number of halogens is 1. The number of hydrogen-bond donors (Lipinski definition) is 1. The molecule has 4 heteroatoms. The minimum absolute atomic E-state index is 0.170. The van der Waals surface area contributed by atoms with Crippen LogP contribution in [-0.4, -0.2) is 36.5 Å². The highest BCUT2D eigenvalue weighted by atomic mass is 19.1. The molecule has 21 heavy (non-hydrogen) atoms. The summed E-state index contributed by atoms with van der Waals surface area (Å²) in [4.78, 5) is 14.2. The van der Waals surface area contributed by atoms with E-state index in [1.807, 2.05) is 6.92 Å². The van der Waals surface area contributed by atoms with Crippen molar-refractivity contribution in [2.24, 2.45) is 5.92 Å². The molecule has 1 saturated carbocycles. The number of nitrogens with zero attached hydrogens (tertiary/aromatic N) is 1. The van der Waals surface area contributed by atoms with Crippen molar-refractivity contribution in [1.82, 2.24) is 10.2 Å². The fourth-order valence-corrected chi connectivity index (χ4v) is 2.92. The van der Waals surface area contributed by atoms with Crippen molar-refractivity contribution in [3.63, 3.8) is 0 Å². The van der Waals surface area contributed by atoms with Gasteiger partial charge in [0.25, 0.3) is 5.91 Å². The van der Waals surface area contributed by atoms with E-state index in [9.17, 15) is 9.18 Å². The minimum Gasteiger partial charge on any atom is -0.338 e. The van der Waals surface area contributed by atoms with Gasteiger partial charge in [0.2, 0.25) is 0 Å². The molecule has 0 bridgehead atoms. The summed E-state index contributed by atoms with van der Waals surface area (Å²) in [6, 6.07) is 5.24. The maximum atomic E-state index is 13.8. The molecule has 1 aromatic carbocycles. The van der Waals surface area contributed by atoms with E-state index in [1.165, 1.54) is 18.9 Å². The smallest absolute Gasteiger partial charge is 0.256 e. The predicted molar refractivity (Wildman–Crippen MR) is 80.8 cm³/mol. The van der Waals surface area contributed by atoms with E-state index < -0.39 is 5.82 Å². The Morgan fingerprint density at radius 1 is 1.29 bits per heavy atom. The SMILES string of the molecule is Cc1ccc(F)c(C(=O)N2CCC(NCC3CC3)CC2)c1. The van der Waals surface area contributed by atoms with E-state index in [1.54, 1.807) is 17.0 Å². The van der Waals surface area contributed by atoms with Crippen LogP contribution in [-0.2, 0) is 0 Å². The Labute approximate surface area is 125 Å². The van der Waals surface area contributed by atoms with Crippen LogP contribution in [0, 0.1) is 18.7 Å². The molecule has 0 radical (unpaired) electrons. The lowest BCUT2D eigenvalue weighted by molar-refractivity contribution is 0.0700. The maximum absolute atomic E-state index is 13.8. The predicted octanol–water partition coefficient (Wildman–Crippen LogP) is 2.74. The van der Waals surface area contributed by atoms with Crippen molar-refractivity contribution in [1.29, 1.82) is 0 Å². The van der Waals surface area contributed by atoms with Gasteiger partial charge in [-0.3, -0.25) is 4.79 Å². The number of rotatable bonds is 4. The number of benzene rings is 1. The number of hydrogen-bond acceptors (Lipinski definition) is 2. The van der Waals surface area contributed by atoms with Gasteiger partial charge >= 0.3 is 0 Å². The largest absolute Gasteiger partial charge is 0.338 e. The zero-order valence-electron chi connectivity index (χ0n) is 12.6. The first-order chi connectivity index (χ1) is 10.1. The van der Waals surface area contributed by atoms with Gasteiger partial charge in [0.05, 0.1) is 5.56 Å². The van der Waals surface area contributed by atoms with Gasteiger partial charge in [0.1, 0.15) is 5.82 Å². The van der Waals surface area contributed by atoms with E-state index in [0.29, 0.717) is 19.1 Å². The van der Waals surface area contributed by atoms with Gasteiger partial charge in [0, 0.05) is 19.1 Å². The number of carbonyl (C=O) groups excluding carboxylic acids is 1.